The maximum atomic E-state index is 6.08. The van der Waals surface area contributed by atoms with Gasteiger partial charge in [0.1, 0.15) is 18.1 Å². The molecule has 124 valence electrons. The molecule has 3 aromatic rings. The first kappa shape index (κ1) is 16.1. The summed E-state index contributed by atoms with van der Waals surface area (Å²) in [5.41, 5.74) is 3.42. The molecular weight excluding hydrogens is 300 g/mol. The summed E-state index contributed by atoms with van der Waals surface area (Å²) >= 11 is 0. The van der Waals surface area contributed by atoms with Crippen LogP contribution in [0.25, 0.3) is 5.69 Å². The molecule has 0 aliphatic carbocycles. The van der Waals surface area contributed by atoms with Crippen molar-refractivity contribution in [3.05, 3.63) is 72.3 Å². The first-order valence-corrected chi connectivity index (χ1v) is 8.26. The van der Waals surface area contributed by atoms with E-state index in [0.29, 0.717) is 13.2 Å². The Labute approximate surface area is 142 Å². The standard InChI is InChI=1S/C20H22N2O2/c1-3-16-5-7-17(8-6-16)14-24-20-13-18(23-4-2)9-10-19(20)22-12-11-21-15-22/h5-13,15H,3-4,14H2,1-2H3. The minimum Gasteiger partial charge on any atom is -0.494 e. The molecule has 0 unspecified atom stereocenters. The van der Waals surface area contributed by atoms with E-state index >= 15 is 0 Å². The Bertz CT molecular complexity index is 765. The summed E-state index contributed by atoms with van der Waals surface area (Å²) in [5.74, 6) is 1.58. The molecule has 0 bridgehead atoms. The van der Waals surface area contributed by atoms with Gasteiger partial charge in [0.05, 0.1) is 18.6 Å². The number of ether oxygens (including phenoxy) is 2. The Morgan fingerprint density at radius 3 is 2.42 bits per heavy atom. The maximum Gasteiger partial charge on any atom is 0.147 e. The van der Waals surface area contributed by atoms with Crippen LogP contribution in [0, 0.1) is 0 Å². The van der Waals surface area contributed by atoms with Crippen LogP contribution in [0.2, 0.25) is 0 Å². The summed E-state index contributed by atoms with van der Waals surface area (Å²) in [5, 5.41) is 0. The molecule has 2 aromatic carbocycles. The monoisotopic (exact) mass is 322 g/mol. The van der Waals surface area contributed by atoms with E-state index < -0.39 is 0 Å². The van der Waals surface area contributed by atoms with Crippen LogP contribution in [0.3, 0.4) is 0 Å². The quantitative estimate of drug-likeness (QED) is 0.646. The van der Waals surface area contributed by atoms with E-state index in [1.165, 1.54) is 5.56 Å². The van der Waals surface area contributed by atoms with Gasteiger partial charge in [-0.1, -0.05) is 31.2 Å². The molecule has 0 aliphatic rings. The van der Waals surface area contributed by atoms with Gasteiger partial charge >= 0.3 is 0 Å². The number of rotatable bonds is 7. The van der Waals surface area contributed by atoms with Gasteiger partial charge in [0, 0.05) is 18.5 Å². The van der Waals surface area contributed by atoms with Crippen LogP contribution < -0.4 is 9.47 Å². The molecule has 0 N–H and O–H groups in total. The molecule has 0 fully saturated rings. The molecule has 4 heteroatoms. The van der Waals surface area contributed by atoms with Crippen molar-refractivity contribution in [1.29, 1.82) is 0 Å². The lowest BCUT2D eigenvalue weighted by atomic mass is 10.1. The zero-order chi connectivity index (χ0) is 16.8. The molecule has 0 aliphatic heterocycles. The van der Waals surface area contributed by atoms with Crippen molar-refractivity contribution in [1.82, 2.24) is 9.55 Å². The van der Waals surface area contributed by atoms with Crippen molar-refractivity contribution < 1.29 is 9.47 Å². The average Bonchev–Trinajstić information content (AvgIpc) is 3.15. The van der Waals surface area contributed by atoms with Crippen molar-refractivity contribution in [3.8, 4) is 17.2 Å². The van der Waals surface area contributed by atoms with Gasteiger partial charge in [-0.15, -0.1) is 0 Å². The lowest BCUT2D eigenvalue weighted by Gasteiger charge is -2.14. The van der Waals surface area contributed by atoms with Crippen LogP contribution in [-0.4, -0.2) is 16.2 Å². The minimum atomic E-state index is 0.515. The van der Waals surface area contributed by atoms with Crippen LogP contribution in [0.15, 0.2) is 61.2 Å². The lowest BCUT2D eigenvalue weighted by Crippen LogP contribution is -2.02. The van der Waals surface area contributed by atoms with Crippen molar-refractivity contribution in [3.63, 3.8) is 0 Å². The second-order valence-corrected chi connectivity index (χ2v) is 5.49. The molecule has 0 amide bonds. The van der Waals surface area contributed by atoms with Crippen molar-refractivity contribution in [2.75, 3.05) is 6.61 Å². The van der Waals surface area contributed by atoms with Crippen molar-refractivity contribution >= 4 is 0 Å². The number of imidazole rings is 1. The highest BCUT2D eigenvalue weighted by atomic mass is 16.5. The number of benzene rings is 2. The van der Waals surface area contributed by atoms with Gasteiger partial charge in [-0.3, -0.25) is 0 Å². The van der Waals surface area contributed by atoms with E-state index in [0.717, 1.165) is 29.2 Å². The van der Waals surface area contributed by atoms with Crippen LogP contribution in [-0.2, 0) is 13.0 Å². The Kier molecular flexibility index (Phi) is 5.16. The van der Waals surface area contributed by atoms with E-state index in [-0.39, 0.29) is 0 Å². The number of nitrogens with zero attached hydrogens (tertiary/aromatic N) is 2. The minimum absolute atomic E-state index is 0.515. The van der Waals surface area contributed by atoms with Crippen LogP contribution in [0.1, 0.15) is 25.0 Å². The summed E-state index contributed by atoms with van der Waals surface area (Å²) in [4.78, 5) is 4.11. The van der Waals surface area contributed by atoms with Gasteiger partial charge in [0.25, 0.3) is 0 Å². The second kappa shape index (κ2) is 7.68. The summed E-state index contributed by atoms with van der Waals surface area (Å²) in [6.45, 7) is 5.27. The summed E-state index contributed by atoms with van der Waals surface area (Å²) in [6.07, 6.45) is 6.46. The fraction of sp³-hybridized carbons (Fsp3) is 0.250. The molecule has 0 atom stereocenters. The molecule has 1 aromatic heterocycles. The molecule has 0 radical (unpaired) electrons. The number of hydrogen-bond acceptors (Lipinski definition) is 3. The molecule has 4 nitrogen and oxygen atoms in total. The van der Waals surface area contributed by atoms with Crippen molar-refractivity contribution in [2.24, 2.45) is 0 Å². The van der Waals surface area contributed by atoms with Gasteiger partial charge in [-0.2, -0.15) is 0 Å². The third-order valence-corrected chi connectivity index (χ3v) is 3.85. The Morgan fingerprint density at radius 1 is 0.958 bits per heavy atom. The third-order valence-electron chi connectivity index (χ3n) is 3.85. The van der Waals surface area contributed by atoms with Crippen LogP contribution in [0.4, 0.5) is 0 Å². The van der Waals surface area contributed by atoms with Gasteiger partial charge in [-0.25, -0.2) is 4.98 Å². The largest absolute Gasteiger partial charge is 0.494 e. The first-order valence-electron chi connectivity index (χ1n) is 8.26. The van der Waals surface area contributed by atoms with Gasteiger partial charge in [-0.05, 0) is 36.6 Å². The Hall–Kier alpha value is -2.75. The Morgan fingerprint density at radius 2 is 1.75 bits per heavy atom. The SMILES string of the molecule is CCOc1ccc(-n2ccnc2)c(OCc2ccc(CC)cc2)c1. The molecule has 1 heterocycles. The van der Waals surface area contributed by atoms with E-state index in [1.807, 2.05) is 35.9 Å². The summed E-state index contributed by atoms with van der Waals surface area (Å²) < 4.78 is 13.6. The van der Waals surface area contributed by atoms with Gasteiger partial charge in [0.15, 0.2) is 0 Å². The highest BCUT2D eigenvalue weighted by Gasteiger charge is 2.08. The molecule has 0 saturated carbocycles. The maximum absolute atomic E-state index is 6.08. The zero-order valence-electron chi connectivity index (χ0n) is 14.1. The predicted octanol–water partition coefficient (Wildman–Crippen LogP) is 4.41. The molecule has 3 rings (SSSR count). The van der Waals surface area contributed by atoms with Crippen molar-refractivity contribution in [2.45, 2.75) is 26.9 Å². The lowest BCUT2D eigenvalue weighted by molar-refractivity contribution is 0.298. The highest BCUT2D eigenvalue weighted by Crippen LogP contribution is 2.29. The predicted molar refractivity (Wildman–Crippen MR) is 94.9 cm³/mol. The number of hydrogen-bond donors (Lipinski definition) is 0. The van der Waals surface area contributed by atoms with E-state index in [2.05, 4.69) is 36.2 Å². The molecule has 0 spiro atoms. The van der Waals surface area contributed by atoms with Crippen LogP contribution >= 0.6 is 0 Å². The Balaban J connectivity index is 1.82. The second-order valence-electron chi connectivity index (χ2n) is 5.49. The van der Waals surface area contributed by atoms with Gasteiger partial charge in [0.2, 0.25) is 0 Å². The fourth-order valence-electron chi connectivity index (χ4n) is 2.51. The topological polar surface area (TPSA) is 36.3 Å². The fourth-order valence-corrected chi connectivity index (χ4v) is 2.51. The van der Waals surface area contributed by atoms with E-state index in [9.17, 15) is 0 Å². The highest BCUT2D eigenvalue weighted by molar-refractivity contribution is 5.51. The average molecular weight is 322 g/mol. The normalized spacial score (nSPS) is 10.6. The zero-order valence-corrected chi connectivity index (χ0v) is 14.1. The molecule has 0 saturated heterocycles. The third kappa shape index (κ3) is 3.77. The summed E-state index contributed by atoms with van der Waals surface area (Å²) in [6, 6.07) is 14.4. The smallest absolute Gasteiger partial charge is 0.147 e. The molecule has 24 heavy (non-hydrogen) atoms. The number of aryl methyl sites for hydroxylation is 1. The van der Waals surface area contributed by atoms with Gasteiger partial charge < -0.3 is 14.0 Å². The first-order chi connectivity index (χ1) is 11.8. The number of aromatic nitrogens is 2. The van der Waals surface area contributed by atoms with E-state index in [4.69, 9.17) is 9.47 Å². The van der Waals surface area contributed by atoms with Crippen LogP contribution in [0.5, 0.6) is 11.5 Å². The van der Waals surface area contributed by atoms with E-state index in [1.54, 1.807) is 12.5 Å². The summed E-state index contributed by atoms with van der Waals surface area (Å²) in [7, 11) is 0. The molecular formula is C20H22N2O2.